The minimum Gasteiger partial charge on any atom is -0.497 e. The summed E-state index contributed by atoms with van der Waals surface area (Å²) in [6.07, 6.45) is 1.39. The van der Waals surface area contributed by atoms with Crippen LogP contribution in [0.2, 0.25) is 5.02 Å². The van der Waals surface area contributed by atoms with E-state index in [1.165, 1.54) is 25.5 Å². The van der Waals surface area contributed by atoms with Crippen LogP contribution in [0.25, 0.3) is 0 Å². The Kier molecular flexibility index (Phi) is 6.06. The van der Waals surface area contributed by atoms with Crippen molar-refractivity contribution >= 4 is 27.3 Å². The maximum absolute atomic E-state index is 13.2. The normalized spacial score (nSPS) is 12.4. The van der Waals surface area contributed by atoms with Gasteiger partial charge < -0.3 is 14.5 Å². The second-order valence-electron chi connectivity index (χ2n) is 5.91. The predicted molar refractivity (Wildman–Crippen MR) is 105 cm³/mol. The van der Waals surface area contributed by atoms with Gasteiger partial charge >= 0.3 is 0 Å². The van der Waals surface area contributed by atoms with Crippen molar-refractivity contribution in [2.45, 2.75) is 10.1 Å². The molecule has 0 saturated heterocycles. The van der Waals surface area contributed by atoms with Gasteiger partial charge in [0.25, 0.3) is 5.91 Å². The zero-order chi connectivity index (χ0) is 20.1. The largest absolute Gasteiger partial charge is 0.497 e. The number of hydrogen-bond donors (Lipinski definition) is 1. The van der Waals surface area contributed by atoms with E-state index in [4.69, 9.17) is 20.8 Å². The Hall–Kier alpha value is -2.77. The van der Waals surface area contributed by atoms with E-state index in [0.29, 0.717) is 5.75 Å². The van der Waals surface area contributed by atoms with E-state index < -0.39 is 21.0 Å². The summed E-state index contributed by atoms with van der Waals surface area (Å²) in [5, 5.41) is 1.83. The van der Waals surface area contributed by atoms with Crippen molar-refractivity contribution in [1.29, 1.82) is 0 Å². The number of amides is 1. The van der Waals surface area contributed by atoms with Gasteiger partial charge in [-0.05, 0) is 48.5 Å². The Labute approximate surface area is 168 Å². The van der Waals surface area contributed by atoms with E-state index in [1.807, 2.05) is 0 Å². The molecule has 8 heteroatoms. The Balaban J connectivity index is 1.87. The number of benzene rings is 2. The summed E-state index contributed by atoms with van der Waals surface area (Å²) in [6.45, 7) is -0.175. The van der Waals surface area contributed by atoms with Crippen LogP contribution >= 0.6 is 11.6 Å². The molecule has 0 saturated carbocycles. The summed E-state index contributed by atoms with van der Waals surface area (Å²) in [4.78, 5) is 12.5. The van der Waals surface area contributed by atoms with Crippen molar-refractivity contribution in [3.05, 3.63) is 83.3 Å². The predicted octanol–water partition coefficient (Wildman–Crippen LogP) is 3.89. The van der Waals surface area contributed by atoms with E-state index in [2.05, 4.69) is 5.32 Å². The van der Waals surface area contributed by atoms with Crippen LogP contribution in [0.4, 0.5) is 0 Å². The molecule has 6 nitrogen and oxygen atoms in total. The highest BCUT2D eigenvalue weighted by Gasteiger charge is 2.32. The average molecular weight is 420 g/mol. The molecule has 1 amide bonds. The molecule has 1 N–H and O–H groups in total. The van der Waals surface area contributed by atoms with Crippen molar-refractivity contribution in [1.82, 2.24) is 5.32 Å². The third kappa shape index (κ3) is 4.21. The summed E-state index contributed by atoms with van der Waals surface area (Å²) in [5.41, 5.74) is 0.268. The van der Waals surface area contributed by atoms with Crippen LogP contribution in [0.3, 0.4) is 0 Å². The summed E-state index contributed by atoms with van der Waals surface area (Å²) in [6, 6.07) is 15.8. The molecule has 0 spiro atoms. The second kappa shape index (κ2) is 8.50. The van der Waals surface area contributed by atoms with Crippen molar-refractivity contribution in [3.8, 4) is 5.75 Å². The zero-order valence-corrected chi connectivity index (χ0v) is 16.5. The van der Waals surface area contributed by atoms with E-state index >= 15 is 0 Å². The van der Waals surface area contributed by atoms with E-state index in [0.717, 1.165) is 0 Å². The van der Waals surface area contributed by atoms with Crippen molar-refractivity contribution in [3.63, 3.8) is 0 Å². The Morgan fingerprint density at radius 2 is 1.82 bits per heavy atom. The van der Waals surface area contributed by atoms with Gasteiger partial charge in [-0.1, -0.05) is 23.7 Å². The molecule has 0 radical (unpaired) electrons. The first-order chi connectivity index (χ1) is 13.4. The molecule has 0 aliphatic heterocycles. The Morgan fingerprint density at radius 1 is 1.11 bits per heavy atom. The van der Waals surface area contributed by atoms with Gasteiger partial charge in [0.15, 0.2) is 9.84 Å². The summed E-state index contributed by atoms with van der Waals surface area (Å²) >= 11 is 6.04. The highest BCUT2D eigenvalue weighted by atomic mass is 35.5. The van der Waals surface area contributed by atoms with Crippen LogP contribution in [-0.2, 0) is 9.84 Å². The van der Waals surface area contributed by atoms with Gasteiger partial charge in [-0.2, -0.15) is 0 Å². The van der Waals surface area contributed by atoms with Crippen LogP contribution in [0, 0.1) is 0 Å². The molecule has 0 bridgehead atoms. The number of nitrogens with one attached hydrogen (secondary N) is 1. The van der Waals surface area contributed by atoms with Crippen molar-refractivity contribution < 1.29 is 22.4 Å². The van der Waals surface area contributed by atoms with Gasteiger partial charge in [0.05, 0.1) is 28.9 Å². The van der Waals surface area contributed by atoms with Gasteiger partial charge in [0.1, 0.15) is 16.8 Å². The third-order valence-corrected chi connectivity index (χ3v) is 6.60. The minimum absolute atomic E-state index is 0.0988. The standard InChI is InChI=1S/C20H18ClNO5S/c1-26-14-8-10-15(11-9-14)28(24,25)19(18-7-4-12-27-18)13-22-20(23)16-5-2-3-6-17(16)21/h2-12,19H,13H2,1H3,(H,22,23)/t19-/m1/s1. The summed E-state index contributed by atoms with van der Waals surface area (Å²) in [7, 11) is -2.33. The third-order valence-electron chi connectivity index (χ3n) is 4.19. The quantitative estimate of drug-likeness (QED) is 0.628. The lowest BCUT2D eigenvalue weighted by atomic mass is 10.2. The van der Waals surface area contributed by atoms with Gasteiger partial charge in [-0.3, -0.25) is 4.79 Å². The highest BCUT2D eigenvalue weighted by Crippen LogP contribution is 2.30. The number of sulfone groups is 1. The molecule has 1 aromatic heterocycles. The number of hydrogen-bond acceptors (Lipinski definition) is 5. The number of ether oxygens (including phenoxy) is 1. The van der Waals surface area contributed by atoms with Crippen LogP contribution in [0.1, 0.15) is 21.4 Å². The first kappa shape index (κ1) is 20.0. The number of carbonyl (C=O) groups excluding carboxylic acids is 1. The van der Waals surface area contributed by atoms with Crippen LogP contribution in [0.5, 0.6) is 5.75 Å². The fourth-order valence-corrected chi connectivity index (χ4v) is 4.50. The summed E-state index contributed by atoms with van der Waals surface area (Å²) in [5.74, 6) is 0.308. The van der Waals surface area contributed by atoms with E-state index in [9.17, 15) is 13.2 Å². The fraction of sp³-hybridized carbons (Fsp3) is 0.150. The highest BCUT2D eigenvalue weighted by molar-refractivity contribution is 7.91. The van der Waals surface area contributed by atoms with Gasteiger partial charge in [0, 0.05) is 6.54 Å². The molecule has 0 fully saturated rings. The first-order valence-electron chi connectivity index (χ1n) is 8.37. The summed E-state index contributed by atoms with van der Waals surface area (Å²) < 4.78 is 36.7. The molecule has 3 rings (SSSR count). The van der Waals surface area contributed by atoms with Crippen LogP contribution in [-0.4, -0.2) is 28.0 Å². The maximum atomic E-state index is 13.2. The number of methoxy groups -OCH3 is 1. The molecule has 0 aliphatic carbocycles. The Bertz CT molecular complexity index is 1050. The van der Waals surface area contributed by atoms with Crippen LogP contribution < -0.4 is 10.1 Å². The Morgan fingerprint density at radius 3 is 2.43 bits per heavy atom. The lowest BCUT2D eigenvalue weighted by Crippen LogP contribution is -2.32. The first-order valence-corrected chi connectivity index (χ1v) is 10.3. The molecule has 0 aliphatic rings. The topological polar surface area (TPSA) is 85.6 Å². The molecular weight excluding hydrogens is 402 g/mol. The minimum atomic E-state index is -3.83. The van der Waals surface area contributed by atoms with Gasteiger partial charge in [-0.15, -0.1) is 0 Å². The molecule has 28 heavy (non-hydrogen) atoms. The molecule has 146 valence electrons. The SMILES string of the molecule is COc1ccc(S(=O)(=O)[C@H](CNC(=O)c2ccccc2Cl)c2ccco2)cc1. The molecular formula is C20H18ClNO5S. The molecule has 3 aromatic rings. The molecule has 0 unspecified atom stereocenters. The van der Waals surface area contributed by atoms with Gasteiger partial charge in [0.2, 0.25) is 0 Å². The van der Waals surface area contributed by atoms with Gasteiger partial charge in [-0.25, -0.2) is 8.42 Å². The van der Waals surface area contributed by atoms with Crippen molar-refractivity contribution in [2.75, 3.05) is 13.7 Å². The monoisotopic (exact) mass is 419 g/mol. The number of halogens is 1. The van der Waals surface area contributed by atoms with Crippen molar-refractivity contribution in [2.24, 2.45) is 0 Å². The maximum Gasteiger partial charge on any atom is 0.252 e. The molecule has 1 heterocycles. The number of furan rings is 1. The lowest BCUT2D eigenvalue weighted by Gasteiger charge is -2.17. The zero-order valence-electron chi connectivity index (χ0n) is 15.0. The smallest absolute Gasteiger partial charge is 0.252 e. The van der Waals surface area contributed by atoms with Crippen LogP contribution in [0.15, 0.2) is 76.2 Å². The number of rotatable bonds is 7. The second-order valence-corrected chi connectivity index (χ2v) is 8.45. The molecule has 2 aromatic carbocycles. The van der Waals surface area contributed by atoms with E-state index in [-0.39, 0.29) is 27.8 Å². The lowest BCUT2D eigenvalue weighted by molar-refractivity contribution is 0.0953. The van der Waals surface area contributed by atoms with E-state index in [1.54, 1.807) is 48.5 Å². The molecule has 1 atom stereocenters. The average Bonchev–Trinajstić information content (AvgIpc) is 3.22. The number of carbonyl (C=O) groups is 1. The fourth-order valence-electron chi connectivity index (χ4n) is 2.69.